The third kappa shape index (κ3) is 3.51. The van der Waals surface area contributed by atoms with Crippen molar-refractivity contribution in [2.75, 3.05) is 20.2 Å². The maximum absolute atomic E-state index is 14.6. The van der Waals surface area contributed by atoms with Crippen LogP contribution in [-0.2, 0) is 0 Å². The van der Waals surface area contributed by atoms with Crippen LogP contribution in [0.1, 0.15) is 24.2 Å². The average Bonchev–Trinajstić information content (AvgIpc) is 2.63. The van der Waals surface area contributed by atoms with E-state index >= 15 is 0 Å². The molecule has 0 radical (unpaired) electrons. The second-order valence-electron chi connectivity index (χ2n) is 6.41. The first kappa shape index (κ1) is 17.4. The second kappa shape index (κ2) is 7.23. The first-order valence-corrected chi connectivity index (χ1v) is 8.49. The van der Waals surface area contributed by atoms with Crippen LogP contribution in [0.4, 0.5) is 4.39 Å². The zero-order chi connectivity index (χ0) is 18.0. The Hall–Kier alpha value is -2.40. The van der Waals surface area contributed by atoms with E-state index in [2.05, 4.69) is 5.32 Å². The van der Waals surface area contributed by atoms with Crippen molar-refractivity contribution in [3.05, 3.63) is 53.8 Å². The van der Waals surface area contributed by atoms with Crippen LogP contribution in [-0.4, -0.2) is 43.1 Å². The van der Waals surface area contributed by atoms with Crippen molar-refractivity contribution in [1.29, 1.82) is 0 Å². The Labute approximate surface area is 147 Å². The molecular formula is C20H23FN2O2. The van der Waals surface area contributed by atoms with E-state index in [1.807, 2.05) is 38.1 Å². The predicted octanol–water partition coefficient (Wildman–Crippen LogP) is 3.32. The summed E-state index contributed by atoms with van der Waals surface area (Å²) in [7, 11) is 1.60. The Morgan fingerprint density at radius 3 is 2.48 bits per heavy atom. The van der Waals surface area contributed by atoms with Gasteiger partial charge < -0.3 is 15.0 Å². The topological polar surface area (TPSA) is 41.6 Å². The zero-order valence-corrected chi connectivity index (χ0v) is 14.8. The molecule has 0 spiro atoms. The van der Waals surface area contributed by atoms with Crippen molar-refractivity contribution < 1.29 is 13.9 Å². The van der Waals surface area contributed by atoms with Gasteiger partial charge in [-0.1, -0.05) is 18.2 Å². The van der Waals surface area contributed by atoms with Crippen molar-refractivity contribution >= 4 is 5.91 Å². The molecule has 132 valence electrons. The van der Waals surface area contributed by atoms with Gasteiger partial charge in [-0.15, -0.1) is 0 Å². The number of hydrogen-bond acceptors (Lipinski definition) is 3. The molecule has 1 aliphatic heterocycles. The average molecular weight is 342 g/mol. The molecule has 1 heterocycles. The number of carbonyl (C=O) groups excluding carboxylic acids is 1. The van der Waals surface area contributed by atoms with Crippen molar-refractivity contribution in [3.63, 3.8) is 0 Å². The van der Waals surface area contributed by atoms with Gasteiger partial charge in [-0.3, -0.25) is 4.79 Å². The molecule has 0 bridgehead atoms. The highest BCUT2D eigenvalue weighted by Gasteiger charge is 2.30. The Morgan fingerprint density at radius 2 is 1.84 bits per heavy atom. The molecule has 0 saturated carbocycles. The molecule has 2 aromatic carbocycles. The van der Waals surface area contributed by atoms with Crippen molar-refractivity contribution in [1.82, 2.24) is 10.2 Å². The molecular weight excluding hydrogens is 319 g/mol. The van der Waals surface area contributed by atoms with Gasteiger partial charge in [0.1, 0.15) is 11.6 Å². The van der Waals surface area contributed by atoms with E-state index in [9.17, 15) is 9.18 Å². The largest absolute Gasteiger partial charge is 0.497 e. The van der Waals surface area contributed by atoms with Crippen LogP contribution in [0.25, 0.3) is 11.1 Å². The van der Waals surface area contributed by atoms with Gasteiger partial charge in [-0.25, -0.2) is 4.39 Å². The summed E-state index contributed by atoms with van der Waals surface area (Å²) in [5.41, 5.74) is 1.74. The lowest BCUT2D eigenvalue weighted by molar-refractivity contribution is 0.0598. The normalized spacial score (nSPS) is 20.4. The summed E-state index contributed by atoms with van der Waals surface area (Å²) >= 11 is 0. The van der Waals surface area contributed by atoms with Crippen molar-refractivity contribution in [2.45, 2.75) is 25.9 Å². The third-order valence-corrected chi connectivity index (χ3v) is 4.92. The zero-order valence-electron chi connectivity index (χ0n) is 14.8. The number of hydrogen-bond donors (Lipinski definition) is 1. The Balaban J connectivity index is 1.85. The van der Waals surface area contributed by atoms with Crippen molar-refractivity contribution in [3.8, 4) is 16.9 Å². The number of ether oxygens (including phenoxy) is 1. The highest BCUT2D eigenvalue weighted by Crippen LogP contribution is 2.25. The Bertz CT molecular complexity index is 761. The van der Waals surface area contributed by atoms with Crippen LogP contribution in [0, 0.1) is 5.82 Å². The number of methoxy groups -OCH3 is 1. The molecule has 1 fully saturated rings. The van der Waals surface area contributed by atoms with E-state index in [1.54, 1.807) is 24.1 Å². The lowest BCUT2D eigenvalue weighted by Crippen LogP contribution is -2.57. The number of benzene rings is 2. The van der Waals surface area contributed by atoms with Gasteiger partial charge in [0.15, 0.2) is 0 Å². The van der Waals surface area contributed by atoms with Gasteiger partial charge in [0.05, 0.1) is 12.7 Å². The SMILES string of the molecule is COc1ccc(-c2ccc(C(=O)N3CCNC(C)C3C)c(F)c2)cc1. The minimum atomic E-state index is -0.489. The smallest absolute Gasteiger partial charge is 0.257 e. The maximum Gasteiger partial charge on any atom is 0.257 e. The minimum absolute atomic E-state index is 0.0296. The van der Waals surface area contributed by atoms with Crippen LogP contribution < -0.4 is 10.1 Å². The number of nitrogens with zero attached hydrogens (tertiary/aromatic N) is 1. The van der Waals surface area contributed by atoms with Crippen molar-refractivity contribution in [2.24, 2.45) is 0 Å². The van der Waals surface area contributed by atoms with Crippen LogP contribution in [0.2, 0.25) is 0 Å². The highest BCUT2D eigenvalue weighted by atomic mass is 19.1. The van der Waals surface area contributed by atoms with E-state index in [4.69, 9.17) is 4.74 Å². The second-order valence-corrected chi connectivity index (χ2v) is 6.41. The number of rotatable bonds is 3. The Morgan fingerprint density at radius 1 is 1.16 bits per heavy atom. The van der Waals surface area contributed by atoms with E-state index < -0.39 is 5.82 Å². The summed E-state index contributed by atoms with van der Waals surface area (Å²) in [6.45, 7) is 5.33. The number of carbonyl (C=O) groups is 1. The van der Waals surface area contributed by atoms with Crippen LogP contribution >= 0.6 is 0 Å². The standard InChI is InChI=1S/C20H23FN2O2/c1-13-14(2)23(11-10-22-13)20(24)18-9-6-16(12-19(18)21)15-4-7-17(25-3)8-5-15/h4-9,12-14,22H,10-11H2,1-3H3. The molecule has 1 N–H and O–H groups in total. The molecule has 1 amide bonds. The van der Waals surface area contributed by atoms with Gasteiger partial charge in [0.25, 0.3) is 5.91 Å². The summed E-state index contributed by atoms with van der Waals surface area (Å²) in [5, 5.41) is 3.32. The summed E-state index contributed by atoms with van der Waals surface area (Å²) in [6, 6.07) is 12.4. The molecule has 2 unspecified atom stereocenters. The molecule has 0 aromatic heterocycles. The molecule has 0 aliphatic carbocycles. The number of nitrogens with one attached hydrogen (secondary N) is 1. The summed E-state index contributed by atoms with van der Waals surface area (Å²) in [5.74, 6) is 0.00849. The first-order valence-electron chi connectivity index (χ1n) is 8.49. The lowest BCUT2D eigenvalue weighted by Gasteiger charge is -2.38. The molecule has 5 heteroatoms. The molecule has 1 aliphatic rings. The lowest BCUT2D eigenvalue weighted by atomic mass is 10.0. The van der Waals surface area contributed by atoms with Gasteiger partial charge >= 0.3 is 0 Å². The fraction of sp³-hybridized carbons (Fsp3) is 0.350. The number of halogens is 1. The van der Waals surface area contributed by atoms with E-state index in [0.717, 1.165) is 23.4 Å². The van der Waals surface area contributed by atoms with E-state index in [0.29, 0.717) is 6.54 Å². The summed E-state index contributed by atoms with van der Waals surface area (Å²) in [4.78, 5) is 14.5. The Kier molecular flexibility index (Phi) is 5.04. The third-order valence-electron chi connectivity index (χ3n) is 4.92. The summed E-state index contributed by atoms with van der Waals surface area (Å²) in [6.07, 6.45) is 0. The molecule has 25 heavy (non-hydrogen) atoms. The van der Waals surface area contributed by atoms with Gasteiger partial charge in [-0.05, 0) is 49.2 Å². The van der Waals surface area contributed by atoms with E-state index in [-0.39, 0.29) is 23.6 Å². The molecule has 3 rings (SSSR count). The molecule has 4 nitrogen and oxygen atoms in total. The first-order chi connectivity index (χ1) is 12.0. The fourth-order valence-corrected chi connectivity index (χ4v) is 3.15. The monoisotopic (exact) mass is 342 g/mol. The minimum Gasteiger partial charge on any atom is -0.497 e. The summed E-state index contributed by atoms with van der Waals surface area (Å²) < 4.78 is 19.8. The maximum atomic E-state index is 14.6. The number of piperazine rings is 1. The van der Waals surface area contributed by atoms with Gasteiger partial charge in [-0.2, -0.15) is 0 Å². The van der Waals surface area contributed by atoms with E-state index in [1.165, 1.54) is 6.07 Å². The van der Waals surface area contributed by atoms with Crippen LogP contribution in [0.3, 0.4) is 0 Å². The predicted molar refractivity (Wildman–Crippen MR) is 96.4 cm³/mol. The van der Waals surface area contributed by atoms with Crippen LogP contribution in [0.15, 0.2) is 42.5 Å². The molecule has 2 atom stereocenters. The van der Waals surface area contributed by atoms with Gasteiger partial charge in [0.2, 0.25) is 0 Å². The van der Waals surface area contributed by atoms with Gasteiger partial charge in [0, 0.05) is 25.2 Å². The highest BCUT2D eigenvalue weighted by molar-refractivity contribution is 5.95. The quantitative estimate of drug-likeness (QED) is 0.930. The molecule has 2 aromatic rings. The fourth-order valence-electron chi connectivity index (χ4n) is 3.15. The molecule has 1 saturated heterocycles. The van der Waals surface area contributed by atoms with Crippen LogP contribution in [0.5, 0.6) is 5.75 Å². The number of amides is 1.